The summed E-state index contributed by atoms with van der Waals surface area (Å²) in [7, 11) is 1.48. The molecule has 0 radical (unpaired) electrons. The Balaban J connectivity index is 1.37. The lowest BCUT2D eigenvalue weighted by Crippen LogP contribution is -2.44. The molecule has 40 heavy (non-hydrogen) atoms. The molecule has 0 bridgehead atoms. The molecule has 0 spiro atoms. The first-order chi connectivity index (χ1) is 19.3. The maximum Gasteiger partial charge on any atom is 0.291 e. The fourth-order valence-electron chi connectivity index (χ4n) is 4.32. The Morgan fingerprint density at radius 3 is 2.67 bits per heavy atom. The van der Waals surface area contributed by atoms with Crippen molar-refractivity contribution >= 4 is 29.1 Å². The number of rotatable bonds is 10. The van der Waals surface area contributed by atoms with Crippen LogP contribution in [-0.2, 0) is 7.05 Å². The maximum atomic E-state index is 14.7. The molecule has 0 atom stereocenters. The molecule has 3 N–H and O–H groups in total. The third kappa shape index (κ3) is 6.74. The van der Waals surface area contributed by atoms with Crippen molar-refractivity contribution in [2.45, 2.75) is 6.42 Å². The fraction of sp³-hybridized carbons (Fsp3) is 0.333. The van der Waals surface area contributed by atoms with Gasteiger partial charge in [-0.25, -0.2) is 9.37 Å². The molecule has 2 amide bonds. The predicted octanol–water partition coefficient (Wildman–Crippen LogP) is 3.20. The number of hydrogen-bond donors (Lipinski definition) is 3. The van der Waals surface area contributed by atoms with E-state index >= 15 is 0 Å². The zero-order valence-electron chi connectivity index (χ0n) is 21.8. The Labute approximate surface area is 234 Å². The lowest BCUT2D eigenvalue weighted by Gasteiger charge is -2.27. The topological polar surface area (TPSA) is 124 Å². The van der Waals surface area contributed by atoms with Crippen molar-refractivity contribution in [3.63, 3.8) is 0 Å². The quantitative estimate of drug-likeness (QED) is 0.319. The molecule has 1 aromatic heterocycles. The van der Waals surface area contributed by atoms with Gasteiger partial charge in [0.05, 0.1) is 22.5 Å². The largest absolute Gasteiger partial charge is 0.476 e. The third-order valence-corrected chi connectivity index (χ3v) is 6.74. The minimum absolute atomic E-state index is 0.0676. The van der Waals surface area contributed by atoms with Crippen LogP contribution in [0.25, 0.3) is 11.3 Å². The van der Waals surface area contributed by atoms with Gasteiger partial charge in [-0.15, -0.1) is 0 Å². The molecule has 1 fully saturated rings. The van der Waals surface area contributed by atoms with E-state index in [2.05, 4.69) is 25.8 Å². The normalized spacial score (nSPS) is 13.5. The molecular weight excluding hydrogens is 544 g/mol. The monoisotopic (exact) mass is 571 g/mol. The number of aromatic nitrogens is 2. The molecule has 10 nitrogen and oxygen atoms in total. The number of imidazole rings is 1. The number of ether oxygens (including phenoxy) is 1. The summed E-state index contributed by atoms with van der Waals surface area (Å²) in [5.74, 6) is -3.85. The van der Waals surface area contributed by atoms with E-state index in [1.54, 1.807) is 6.07 Å². The Bertz CT molecular complexity index is 1430. The highest BCUT2D eigenvalue weighted by molar-refractivity contribution is 6.34. The summed E-state index contributed by atoms with van der Waals surface area (Å²) < 4.78 is 35.3. The lowest BCUT2D eigenvalue weighted by atomic mass is 10.1. The third-order valence-electron chi connectivity index (χ3n) is 6.42. The summed E-state index contributed by atoms with van der Waals surface area (Å²) in [4.78, 5) is 31.9. The van der Waals surface area contributed by atoms with Crippen molar-refractivity contribution in [3.05, 3.63) is 64.6 Å². The van der Waals surface area contributed by atoms with Crippen molar-refractivity contribution in [1.82, 2.24) is 25.1 Å². The van der Waals surface area contributed by atoms with Crippen LogP contribution in [0, 0.1) is 23.0 Å². The predicted molar refractivity (Wildman–Crippen MR) is 145 cm³/mol. The number of hydrogen-bond acceptors (Lipinski definition) is 7. The van der Waals surface area contributed by atoms with Gasteiger partial charge in [0.1, 0.15) is 6.07 Å². The van der Waals surface area contributed by atoms with Gasteiger partial charge in [0, 0.05) is 51.0 Å². The van der Waals surface area contributed by atoms with Gasteiger partial charge in [0.2, 0.25) is 5.82 Å². The molecule has 0 saturated carbocycles. The van der Waals surface area contributed by atoms with Crippen LogP contribution in [0.4, 0.5) is 14.5 Å². The molecule has 1 saturated heterocycles. The molecule has 13 heteroatoms. The van der Waals surface area contributed by atoms with E-state index in [1.165, 1.54) is 48.1 Å². The Hall–Kier alpha value is -4.05. The number of carbonyl (C=O) groups excluding carboxylic acids is 2. The van der Waals surface area contributed by atoms with Gasteiger partial charge in [0.25, 0.3) is 11.8 Å². The van der Waals surface area contributed by atoms with Gasteiger partial charge in [-0.3, -0.25) is 9.59 Å². The van der Waals surface area contributed by atoms with Gasteiger partial charge >= 0.3 is 0 Å². The summed E-state index contributed by atoms with van der Waals surface area (Å²) in [6.45, 7) is 4.92. The number of halogens is 3. The first-order valence-electron chi connectivity index (χ1n) is 12.6. The molecule has 2 aromatic carbocycles. The van der Waals surface area contributed by atoms with E-state index < -0.39 is 29.9 Å². The van der Waals surface area contributed by atoms with E-state index in [4.69, 9.17) is 21.6 Å². The highest BCUT2D eigenvalue weighted by atomic mass is 35.5. The van der Waals surface area contributed by atoms with Crippen LogP contribution in [-0.4, -0.2) is 72.1 Å². The summed E-state index contributed by atoms with van der Waals surface area (Å²) in [5.41, 5.74) is 0.615. The van der Waals surface area contributed by atoms with Crippen LogP contribution in [0.15, 0.2) is 36.5 Å². The zero-order valence-corrected chi connectivity index (χ0v) is 22.5. The lowest BCUT2D eigenvalue weighted by molar-refractivity contribution is 0.0950. The summed E-state index contributed by atoms with van der Waals surface area (Å²) in [6.07, 6.45) is 2.06. The second-order valence-electron chi connectivity index (χ2n) is 9.06. The average molecular weight is 572 g/mol. The van der Waals surface area contributed by atoms with Crippen molar-refractivity contribution in [1.29, 1.82) is 5.26 Å². The van der Waals surface area contributed by atoms with E-state index in [-0.39, 0.29) is 33.6 Å². The van der Waals surface area contributed by atoms with Gasteiger partial charge in [-0.1, -0.05) is 11.6 Å². The summed E-state index contributed by atoms with van der Waals surface area (Å²) >= 11 is 6.33. The molecule has 2 heterocycles. The van der Waals surface area contributed by atoms with E-state index in [0.29, 0.717) is 12.2 Å². The van der Waals surface area contributed by atoms with Gasteiger partial charge in [0.15, 0.2) is 24.0 Å². The first-order valence-corrected chi connectivity index (χ1v) is 13.0. The number of anilines is 1. The SMILES string of the molecule is Cn1c(-c2ccc(OCC#N)c(F)c2F)cnc1C(=O)Nc1ccc(C(=O)NCCCN2CCNCC2)c(Cl)c1. The van der Waals surface area contributed by atoms with Crippen molar-refractivity contribution < 1.29 is 23.1 Å². The standard InChI is InChI=1S/C27H28ClF2N7O3/c1-36-21(19-5-6-22(40-14-7-31)24(30)23(19)29)16-34-25(36)27(39)35-17-3-4-18(20(28)15-17)26(38)33-8-2-11-37-12-9-32-10-13-37/h3-6,15-16,32H,2,8-14H2,1H3,(H,33,38)(H,35,39). The van der Waals surface area contributed by atoms with Gasteiger partial charge < -0.3 is 30.2 Å². The number of nitriles is 1. The molecule has 3 aromatic rings. The second kappa shape index (κ2) is 13.3. The molecule has 1 aliphatic rings. The Kier molecular flexibility index (Phi) is 9.65. The van der Waals surface area contributed by atoms with Crippen LogP contribution in [0.3, 0.4) is 0 Å². The van der Waals surface area contributed by atoms with Crippen molar-refractivity contribution in [3.8, 4) is 23.1 Å². The number of piperazine rings is 1. The molecule has 210 valence electrons. The Morgan fingerprint density at radius 2 is 1.95 bits per heavy atom. The van der Waals surface area contributed by atoms with Gasteiger partial charge in [-0.05, 0) is 43.3 Å². The Morgan fingerprint density at radius 1 is 1.18 bits per heavy atom. The zero-order chi connectivity index (χ0) is 28.6. The highest BCUT2D eigenvalue weighted by Gasteiger charge is 2.22. The van der Waals surface area contributed by atoms with E-state index in [9.17, 15) is 18.4 Å². The summed E-state index contributed by atoms with van der Waals surface area (Å²) in [5, 5.41) is 17.6. The molecule has 0 aliphatic carbocycles. The van der Waals surface area contributed by atoms with Crippen LogP contribution in [0.5, 0.6) is 5.75 Å². The van der Waals surface area contributed by atoms with E-state index in [1.807, 2.05) is 0 Å². The van der Waals surface area contributed by atoms with Crippen LogP contribution in [0.2, 0.25) is 5.02 Å². The van der Waals surface area contributed by atoms with Crippen LogP contribution >= 0.6 is 11.6 Å². The highest BCUT2D eigenvalue weighted by Crippen LogP contribution is 2.30. The number of benzene rings is 2. The molecular formula is C27H28ClF2N7O3. The smallest absolute Gasteiger partial charge is 0.291 e. The first kappa shape index (κ1) is 28.9. The van der Waals surface area contributed by atoms with Crippen LogP contribution < -0.4 is 20.7 Å². The average Bonchev–Trinajstić information content (AvgIpc) is 3.33. The molecule has 4 rings (SSSR count). The van der Waals surface area contributed by atoms with Crippen molar-refractivity contribution in [2.75, 3.05) is 51.2 Å². The minimum atomic E-state index is -1.25. The number of amides is 2. The van der Waals surface area contributed by atoms with E-state index in [0.717, 1.165) is 39.1 Å². The van der Waals surface area contributed by atoms with Gasteiger partial charge in [-0.2, -0.15) is 9.65 Å². The minimum Gasteiger partial charge on any atom is -0.476 e. The maximum absolute atomic E-state index is 14.7. The number of carbonyl (C=O) groups is 2. The fourth-order valence-corrected chi connectivity index (χ4v) is 4.59. The number of nitrogens with zero attached hydrogens (tertiary/aromatic N) is 4. The second-order valence-corrected chi connectivity index (χ2v) is 9.47. The number of nitrogens with one attached hydrogen (secondary N) is 3. The molecule has 1 aliphatic heterocycles. The van der Waals surface area contributed by atoms with Crippen molar-refractivity contribution in [2.24, 2.45) is 7.05 Å². The molecule has 0 unspecified atom stereocenters. The van der Waals surface area contributed by atoms with Crippen LogP contribution in [0.1, 0.15) is 27.4 Å². The summed E-state index contributed by atoms with van der Waals surface area (Å²) in [6, 6.07) is 8.67.